The maximum atomic E-state index is 11.1. The van der Waals surface area contributed by atoms with E-state index in [-0.39, 0.29) is 5.91 Å². The normalized spacial score (nSPS) is 25.6. The Balaban J connectivity index is 2.52. The van der Waals surface area contributed by atoms with E-state index in [0.717, 1.165) is 5.06 Å². The molecule has 1 saturated heterocycles. The minimum atomic E-state index is -1.12. The lowest BCUT2D eigenvalue weighted by Crippen LogP contribution is -2.74. The summed E-state index contributed by atoms with van der Waals surface area (Å²) < 4.78 is 0. The van der Waals surface area contributed by atoms with Crippen molar-refractivity contribution in [3.63, 3.8) is 0 Å². The van der Waals surface area contributed by atoms with Gasteiger partial charge < -0.3 is 10.8 Å². The van der Waals surface area contributed by atoms with Gasteiger partial charge in [0.15, 0.2) is 6.61 Å². The van der Waals surface area contributed by atoms with Gasteiger partial charge in [-0.3, -0.25) is 9.63 Å². The molecule has 0 saturated carbocycles. The number of β-lactam (4-membered cyclic amide) rings is 1. The largest absolute Gasteiger partial charge is 0.479 e. The Bertz CT molecular complexity index is 251. The summed E-state index contributed by atoms with van der Waals surface area (Å²) in [5.41, 5.74) is 4.86. The van der Waals surface area contributed by atoms with Gasteiger partial charge in [0, 0.05) is 0 Å². The average Bonchev–Trinajstić information content (AvgIpc) is 2.02. The predicted octanol–water partition coefficient (Wildman–Crippen LogP) is -1.05. The highest BCUT2D eigenvalue weighted by Crippen LogP contribution is 2.29. The molecule has 1 amide bonds. The molecule has 0 bridgehead atoms. The molecule has 1 fully saturated rings. The van der Waals surface area contributed by atoms with Crippen molar-refractivity contribution in [1.82, 2.24) is 5.06 Å². The Hall–Kier alpha value is -1.14. The molecule has 0 aliphatic carbocycles. The van der Waals surface area contributed by atoms with E-state index in [0.29, 0.717) is 0 Å². The van der Waals surface area contributed by atoms with Gasteiger partial charge in [0.25, 0.3) is 5.91 Å². The van der Waals surface area contributed by atoms with Crippen LogP contribution in [0.2, 0.25) is 0 Å². The maximum absolute atomic E-state index is 11.1. The molecule has 6 nitrogen and oxygen atoms in total. The number of aliphatic carboxylic acids is 1. The minimum absolute atomic E-state index is 0.383. The third kappa shape index (κ3) is 1.50. The van der Waals surface area contributed by atoms with Crippen LogP contribution in [0.5, 0.6) is 0 Å². The number of amides is 1. The van der Waals surface area contributed by atoms with E-state index in [1.165, 1.54) is 0 Å². The summed E-state index contributed by atoms with van der Waals surface area (Å²) in [6.07, 6.45) is 0. The molecule has 1 atom stereocenters. The molecule has 1 aliphatic rings. The molecule has 1 heterocycles. The van der Waals surface area contributed by atoms with Crippen LogP contribution in [0.3, 0.4) is 0 Å². The number of hydrogen-bond acceptors (Lipinski definition) is 4. The van der Waals surface area contributed by atoms with E-state index in [4.69, 9.17) is 15.7 Å². The topological polar surface area (TPSA) is 92.9 Å². The number of carboxylic acids is 1. The highest BCUT2D eigenvalue weighted by Gasteiger charge is 2.53. The lowest BCUT2D eigenvalue weighted by Gasteiger charge is -2.50. The lowest BCUT2D eigenvalue weighted by molar-refractivity contribution is -0.254. The fourth-order valence-electron chi connectivity index (χ4n) is 1.12. The van der Waals surface area contributed by atoms with Crippen molar-refractivity contribution in [3.8, 4) is 0 Å². The smallest absolute Gasteiger partial charge is 0.332 e. The van der Waals surface area contributed by atoms with Crippen molar-refractivity contribution >= 4 is 11.9 Å². The van der Waals surface area contributed by atoms with Gasteiger partial charge in [-0.05, 0) is 13.8 Å². The number of nitrogens with two attached hydrogens (primary N) is 1. The number of carbonyl (C=O) groups excluding carboxylic acids is 1. The summed E-state index contributed by atoms with van der Waals surface area (Å²) >= 11 is 0. The van der Waals surface area contributed by atoms with Crippen molar-refractivity contribution in [1.29, 1.82) is 0 Å². The number of hydroxylamine groups is 2. The minimum Gasteiger partial charge on any atom is -0.479 e. The summed E-state index contributed by atoms with van der Waals surface area (Å²) in [6, 6.07) is -0.610. The molecule has 6 heteroatoms. The molecule has 1 rings (SSSR count). The molecule has 0 aromatic heterocycles. The van der Waals surface area contributed by atoms with Crippen molar-refractivity contribution < 1.29 is 19.5 Å². The van der Waals surface area contributed by atoms with E-state index in [1.54, 1.807) is 13.8 Å². The fraction of sp³-hybridized carbons (Fsp3) is 0.714. The van der Waals surface area contributed by atoms with Crippen LogP contribution in [0.15, 0.2) is 0 Å². The number of hydrogen-bond donors (Lipinski definition) is 2. The molecular weight excluding hydrogens is 176 g/mol. The second kappa shape index (κ2) is 2.97. The zero-order chi connectivity index (χ0) is 10.2. The van der Waals surface area contributed by atoms with Crippen molar-refractivity contribution in [2.45, 2.75) is 25.4 Å². The van der Waals surface area contributed by atoms with Gasteiger partial charge in [-0.1, -0.05) is 0 Å². The van der Waals surface area contributed by atoms with Crippen molar-refractivity contribution in [2.24, 2.45) is 5.73 Å². The highest BCUT2D eigenvalue weighted by atomic mass is 16.7. The standard InChI is InChI=1S/C7H12N2O4/c1-7(2)5(8)6(12)9(7)13-3-4(10)11/h5H,3,8H2,1-2H3,(H,10,11)/t5-/m1/s1. The molecule has 3 N–H and O–H groups in total. The van der Waals surface area contributed by atoms with Gasteiger partial charge in [-0.2, -0.15) is 0 Å². The molecule has 0 spiro atoms. The van der Waals surface area contributed by atoms with Crippen LogP contribution >= 0.6 is 0 Å². The Labute approximate surface area is 75.2 Å². The molecule has 1 aliphatic heterocycles. The van der Waals surface area contributed by atoms with Crippen LogP contribution < -0.4 is 5.73 Å². The van der Waals surface area contributed by atoms with Crippen molar-refractivity contribution in [3.05, 3.63) is 0 Å². The van der Waals surface area contributed by atoms with Crippen LogP contribution in [0.1, 0.15) is 13.8 Å². The summed E-state index contributed by atoms with van der Waals surface area (Å²) in [5.74, 6) is -1.50. The van der Waals surface area contributed by atoms with Crippen LogP contribution in [0.25, 0.3) is 0 Å². The molecular formula is C7H12N2O4. The second-order valence-electron chi connectivity index (χ2n) is 3.43. The van der Waals surface area contributed by atoms with Gasteiger partial charge >= 0.3 is 5.97 Å². The molecule has 0 aromatic carbocycles. The van der Waals surface area contributed by atoms with Gasteiger partial charge in [-0.25, -0.2) is 9.86 Å². The quantitative estimate of drug-likeness (QED) is 0.551. The zero-order valence-corrected chi connectivity index (χ0v) is 7.48. The highest BCUT2D eigenvalue weighted by molar-refractivity contribution is 5.89. The first-order valence-electron chi connectivity index (χ1n) is 3.81. The van der Waals surface area contributed by atoms with Crippen LogP contribution in [-0.4, -0.2) is 40.2 Å². The third-order valence-corrected chi connectivity index (χ3v) is 2.07. The van der Waals surface area contributed by atoms with E-state index < -0.39 is 24.2 Å². The summed E-state index contributed by atoms with van der Waals surface area (Å²) in [6.45, 7) is 2.89. The Kier molecular flexibility index (Phi) is 2.27. The Morgan fingerprint density at radius 3 is 2.69 bits per heavy atom. The summed E-state index contributed by atoms with van der Waals surface area (Å²) in [4.78, 5) is 26.0. The molecule has 13 heavy (non-hydrogen) atoms. The SMILES string of the molecule is CC1(C)[C@H](N)C(=O)N1OCC(=O)O. The fourth-order valence-corrected chi connectivity index (χ4v) is 1.12. The molecule has 0 aromatic rings. The van der Waals surface area contributed by atoms with Crippen LogP contribution in [0.4, 0.5) is 0 Å². The van der Waals surface area contributed by atoms with Crippen LogP contribution in [0, 0.1) is 0 Å². The van der Waals surface area contributed by atoms with E-state index in [1.807, 2.05) is 0 Å². The zero-order valence-electron chi connectivity index (χ0n) is 7.48. The predicted molar refractivity (Wildman–Crippen MR) is 42.5 cm³/mol. The van der Waals surface area contributed by atoms with E-state index >= 15 is 0 Å². The second-order valence-corrected chi connectivity index (χ2v) is 3.43. The molecule has 74 valence electrons. The first kappa shape index (κ1) is 9.94. The molecule has 0 radical (unpaired) electrons. The number of carboxylic acid groups (broad SMARTS) is 1. The van der Waals surface area contributed by atoms with Gasteiger partial charge in [-0.15, -0.1) is 0 Å². The number of rotatable bonds is 3. The van der Waals surface area contributed by atoms with Gasteiger partial charge in [0.1, 0.15) is 6.04 Å². The first-order valence-corrected chi connectivity index (χ1v) is 3.81. The summed E-state index contributed by atoms with van der Waals surface area (Å²) in [7, 11) is 0. The number of carbonyl (C=O) groups is 2. The lowest BCUT2D eigenvalue weighted by atomic mass is 9.85. The average molecular weight is 188 g/mol. The van der Waals surface area contributed by atoms with Crippen LogP contribution in [-0.2, 0) is 14.4 Å². The van der Waals surface area contributed by atoms with Crippen molar-refractivity contribution in [2.75, 3.05) is 6.61 Å². The number of nitrogens with zero attached hydrogens (tertiary/aromatic N) is 1. The maximum Gasteiger partial charge on any atom is 0.332 e. The summed E-state index contributed by atoms with van der Waals surface area (Å²) in [5, 5.41) is 9.32. The Morgan fingerprint density at radius 2 is 2.31 bits per heavy atom. The van der Waals surface area contributed by atoms with E-state index in [9.17, 15) is 9.59 Å². The third-order valence-electron chi connectivity index (χ3n) is 2.07. The Morgan fingerprint density at radius 1 is 1.77 bits per heavy atom. The first-order chi connectivity index (χ1) is 5.87. The van der Waals surface area contributed by atoms with Gasteiger partial charge in [0.2, 0.25) is 0 Å². The van der Waals surface area contributed by atoms with Gasteiger partial charge in [0.05, 0.1) is 5.54 Å². The molecule has 0 unspecified atom stereocenters. The van der Waals surface area contributed by atoms with E-state index in [2.05, 4.69) is 0 Å². The monoisotopic (exact) mass is 188 g/mol.